The van der Waals surface area contributed by atoms with Gasteiger partial charge in [-0.05, 0) is 41.0 Å². The number of nitrogens with one attached hydrogen (secondary N) is 2. The van der Waals surface area contributed by atoms with Crippen molar-refractivity contribution in [1.82, 2.24) is 10.9 Å². The molecule has 2 amide bonds. The predicted octanol–water partition coefficient (Wildman–Crippen LogP) is 3.35. The van der Waals surface area contributed by atoms with Gasteiger partial charge in [0.25, 0.3) is 0 Å². The van der Waals surface area contributed by atoms with Crippen LogP contribution in [-0.4, -0.2) is 23.7 Å². The van der Waals surface area contributed by atoms with Gasteiger partial charge in [-0.25, -0.2) is 10.9 Å². The van der Waals surface area contributed by atoms with Crippen LogP contribution < -0.4 is 10.9 Å². The van der Waals surface area contributed by atoms with Crippen molar-refractivity contribution in [2.45, 2.75) is 19.8 Å². The number of hydrogen-bond acceptors (Lipinski definition) is 4. The molecule has 0 spiro atoms. The average Bonchev–Trinajstić information content (AvgIpc) is 3.03. The first-order chi connectivity index (χ1) is 13.6. The van der Waals surface area contributed by atoms with Crippen molar-refractivity contribution in [3.8, 4) is 0 Å². The van der Waals surface area contributed by atoms with Gasteiger partial charge >= 0.3 is 0 Å². The second kappa shape index (κ2) is 7.60. The number of amides is 2. The molecule has 0 saturated heterocycles. The Morgan fingerprint density at radius 2 is 1.79 bits per heavy atom. The van der Waals surface area contributed by atoms with E-state index in [1.165, 1.54) is 0 Å². The maximum atomic E-state index is 12.1. The van der Waals surface area contributed by atoms with Crippen LogP contribution in [0.3, 0.4) is 0 Å². The summed E-state index contributed by atoms with van der Waals surface area (Å²) in [5.41, 5.74) is 6.68. The Balaban J connectivity index is 1.51. The molecule has 6 heteroatoms. The summed E-state index contributed by atoms with van der Waals surface area (Å²) in [4.78, 5) is 23.8. The molecule has 1 aliphatic rings. The molecule has 6 nitrogen and oxygen atoms in total. The highest BCUT2D eigenvalue weighted by atomic mass is 16.2. The third kappa shape index (κ3) is 3.49. The number of fused-ring (bicyclic) bond motifs is 2. The summed E-state index contributed by atoms with van der Waals surface area (Å²) in [5, 5.41) is 12.5. The molecule has 3 aromatic rings. The smallest absolute Gasteiger partial charge is 0.248 e. The molecular weight excluding hydrogens is 352 g/mol. The summed E-state index contributed by atoms with van der Waals surface area (Å²) in [7, 11) is 0. The van der Waals surface area contributed by atoms with Crippen LogP contribution in [0.5, 0.6) is 0 Å². The SMILES string of the molecule is CC1=NNC(=O)C1CCC(=O)N/N=C\c1c2ccccc2cc2ccccc12. The van der Waals surface area contributed by atoms with Crippen LogP contribution in [-0.2, 0) is 9.59 Å². The quantitative estimate of drug-likeness (QED) is 0.409. The van der Waals surface area contributed by atoms with E-state index >= 15 is 0 Å². The van der Waals surface area contributed by atoms with E-state index in [0.717, 1.165) is 27.1 Å². The van der Waals surface area contributed by atoms with Crippen LogP contribution >= 0.6 is 0 Å². The lowest BCUT2D eigenvalue weighted by Crippen LogP contribution is -2.25. The predicted molar refractivity (Wildman–Crippen MR) is 111 cm³/mol. The molecule has 1 heterocycles. The summed E-state index contributed by atoms with van der Waals surface area (Å²) in [6.07, 6.45) is 2.32. The molecule has 140 valence electrons. The van der Waals surface area contributed by atoms with Crippen LogP contribution in [0.15, 0.2) is 64.8 Å². The fourth-order valence-corrected chi connectivity index (χ4v) is 3.52. The van der Waals surface area contributed by atoms with Crippen molar-refractivity contribution in [3.63, 3.8) is 0 Å². The number of hydrogen-bond donors (Lipinski definition) is 2. The fourth-order valence-electron chi connectivity index (χ4n) is 3.52. The minimum absolute atomic E-state index is 0.156. The van der Waals surface area contributed by atoms with Gasteiger partial charge < -0.3 is 0 Å². The number of benzene rings is 3. The third-order valence-electron chi connectivity index (χ3n) is 5.02. The van der Waals surface area contributed by atoms with Crippen molar-refractivity contribution in [2.24, 2.45) is 16.1 Å². The summed E-state index contributed by atoms with van der Waals surface area (Å²) in [6.45, 7) is 1.78. The Hall–Kier alpha value is -3.54. The van der Waals surface area contributed by atoms with E-state index in [9.17, 15) is 9.59 Å². The molecule has 0 bridgehead atoms. The van der Waals surface area contributed by atoms with Crippen LogP contribution in [0, 0.1) is 5.92 Å². The maximum Gasteiger partial charge on any atom is 0.248 e. The molecule has 1 aliphatic heterocycles. The molecule has 0 fully saturated rings. The normalized spacial score (nSPS) is 16.5. The summed E-state index contributed by atoms with van der Waals surface area (Å²) >= 11 is 0. The van der Waals surface area contributed by atoms with E-state index in [4.69, 9.17) is 0 Å². The van der Waals surface area contributed by atoms with E-state index in [0.29, 0.717) is 12.1 Å². The van der Waals surface area contributed by atoms with Gasteiger partial charge in [-0.1, -0.05) is 48.5 Å². The molecule has 0 aromatic heterocycles. The third-order valence-corrected chi connectivity index (χ3v) is 5.02. The zero-order chi connectivity index (χ0) is 19.5. The molecule has 2 N–H and O–H groups in total. The molecular formula is C22H20N4O2. The maximum absolute atomic E-state index is 12.1. The van der Waals surface area contributed by atoms with Crippen molar-refractivity contribution in [1.29, 1.82) is 0 Å². The monoisotopic (exact) mass is 372 g/mol. The van der Waals surface area contributed by atoms with E-state index in [1.54, 1.807) is 13.1 Å². The number of hydrazone groups is 2. The average molecular weight is 372 g/mol. The fraction of sp³-hybridized carbons (Fsp3) is 0.182. The zero-order valence-corrected chi connectivity index (χ0v) is 15.5. The largest absolute Gasteiger partial charge is 0.273 e. The molecule has 3 aromatic carbocycles. The van der Waals surface area contributed by atoms with E-state index < -0.39 is 0 Å². The number of carbonyl (C=O) groups excluding carboxylic acids is 2. The highest BCUT2D eigenvalue weighted by Gasteiger charge is 2.26. The Bertz CT molecular complexity index is 1080. The van der Waals surface area contributed by atoms with Gasteiger partial charge in [0.05, 0.1) is 12.1 Å². The van der Waals surface area contributed by atoms with Gasteiger partial charge in [0.15, 0.2) is 0 Å². The molecule has 0 radical (unpaired) electrons. The Labute approximate surface area is 162 Å². The molecule has 0 saturated carbocycles. The minimum Gasteiger partial charge on any atom is -0.273 e. The molecule has 0 aliphatic carbocycles. The van der Waals surface area contributed by atoms with E-state index in [2.05, 4.69) is 39.3 Å². The summed E-state index contributed by atoms with van der Waals surface area (Å²) < 4.78 is 0. The zero-order valence-electron chi connectivity index (χ0n) is 15.5. The number of rotatable bonds is 5. The summed E-state index contributed by atoms with van der Waals surface area (Å²) in [6, 6.07) is 18.4. The molecule has 4 rings (SSSR count). The van der Waals surface area contributed by atoms with Crippen LogP contribution in [0.1, 0.15) is 25.3 Å². The highest BCUT2D eigenvalue weighted by molar-refractivity contribution is 6.13. The second-order valence-corrected chi connectivity index (χ2v) is 6.85. The number of nitrogens with zero attached hydrogens (tertiary/aromatic N) is 2. The molecule has 1 atom stereocenters. The van der Waals surface area contributed by atoms with Crippen LogP contribution in [0.4, 0.5) is 0 Å². The first-order valence-electron chi connectivity index (χ1n) is 9.20. The van der Waals surface area contributed by atoms with Gasteiger partial charge in [-0.3, -0.25) is 9.59 Å². The van der Waals surface area contributed by atoms with Crippen molar-refractivity contribution in [3.05, 3.63) is 60.2 Å². The van der Waals surface area contributed by atoms with Gasteiger partial charge in [0, 0.05) is 17.7 Å². The van der Waals surface area contributed by atoms with Crippen LogP contribution in [0.25, 0.3) is 21.5 Å². The van der Waals surface area contributed by atoms with Gasteiger partial charge in [-0.15, -0.1) is 0 Å². The molecule has 1 unspecified atom stereocenters. The van der Waals surface area contributed by atoms with Crippen molar-refractivity contribution < 1.29 is 9.59 Å². The lowest BCUT2D eigenvalue weighted by molar-refractivity contribution is -0.123. The first-order valence-corrected chi connectivity index (χ1v) is 9.20. The lowest BCUT2D eigenvalue weighted by atomic mass is 9.97. The Morgan fingerprint density at radius 3 is 2.39 bits per heavy atom. The summed E-state index contributed by atoms with van der Waals surface area (Å²) in [5.74, 6) is -0.721. The van der Waals surface area contributed by atoms with Crippen molar-refractivity contribution in [2.75, 3.05) is 0 Å². The van der Waals surface area contributed by atoms with Gasteiger partial charge in [0.1, 0.15) is 0 Å². The van der Waals surface area contributed by atoms with Gasteiger partial charge in [-0.2, -0.15) is 10.2 Å². The van der Waals surface area contributed by atoms with E-state index in [-0.39, 0.29) is 24.2 Å². The highest BCUT2D eigenvalue weighted by Crippen LogP contribution is 2.27. The van der Waals surface area contributed by atoms with Crippen LogP contribution in [0.2, 0.25) is 0 Å². The first kappa shape index (κ1) is 17.9. The van der Waals surface area contributed by atoms with E-state index in [1.807, 2.05) is 36.4 Å². The van der Waals surface area contributed by atoms with Gasteiger partial charge in [0.2, 0.25) is 11.8 Å². The Kier molecular flexibility index (Phi) is 4.85. The number of carbonyl (C=O) groups is 2. The second-order valence-electron chi connectivity index (χ2n) is 6.85. The minimum atomic E-state index is -0.336. The topological polar surface area (TPSA) is 82.9 Å². The lowest BCUT2D eigenvalue weighted by Gasteiger charge is -2.08. The Morgan fingerprint density at radius 1 is 1.14 bits per heavy atom. The standard InChI is InChI=1S/C22H20N4O2/c1-14-17(22(28)26-24-14)10-11-21(27)25-23-13-20-18-8-4-2-6-15(18)12-16-7-3-5-9-19(16)20/h2-9,12-13,17H,10-11H2,1H3,(H,25,27)(H,26,28)/b23-13-. The molecule has 28 heavy (non-hydrogen) atoms. The van der Waals surface area contributed by atoms with Crippen molar-refractivity contribution >= 4 is 45.3 Å².